The minimum atomic E-state index is -0.0440. The first kappa shape index (κ1) is 21.0. The number of fused-ring (bicyclic) bond motifs is 1. The van der Waals surface area contributed by atoms with E-state index in [1.54, 1.807) is 18.2 Å². The van der Waals surface area contributed by atoms with Crippen LogP contribution in [0.25, 0.3) is 0 Å². The SMILES string of the molecule is O=C(c1cc(Cl)cc(Cl)c1)N1CCc2cnc(N3CCN(C4CCC4)CC3)nc2CC1. The molecule has 0 unspecified atom stereocenters. The van der Waals surface area contributed by atoms with E-state index in [-0.39, 0.29) is 5.91 Å². The number of nitrogens with zero attached hydrogens (tertiary/aromatic N) is 5. The van der Waals surface area contributed by atoms with E-state index in [4.69, 9.17) is 28.2 Å². The van der Waals surface area contributed by atoms with Crippen LogP contribution < -0.4 is 4.90 Å². The van der Waals surface area contributed by atoms with Gasteiger partial charge in [0.15, 0.2) is 0 Å². The maximum absolute atomic E-state index is 13.0. The molecular formula is C23H27Cl2N5O. The van der Waals surface area contributed by atoms with Crippen molar-refractivity contribution < 1.29 is 4.79 Å². The molecule has 2 aliphatic heterocycles. The van der Waals surface area contributed by atoms with E-state index in [1.807, 2.05) is 11.1 Å². The van der Waals surface area contributed by atoms with Gasteiger partial charge in [0.05, 0.1) is 5.69 Å². The van der Waals surface area contributed by atoms with Gasteiger partial charge in [-0.15, -0.1) is 0 Å². The molecule has 0 atom stereocenters. The molecule has 0 radical (unpaired) electrons. The lowest BCUT2D eigenvalue weighted by Gasteiger charge is -2.43. The fourth-order valence-electron chi connectivity index (χ4n) is 4.72. The van der Waals surface area contributed by atoms with Crippen LogP contribution in [0.2, 0.25) is 10.0 Å². The maximum atomic E-state index is 13.0. The molecule has 5 rings (SSSR count). The molecular weight excluding hydrogens is 433 g/mol. The number of benzene rings is 1. The molecule has 1 saturated carbocycles. The van der Waals surface area contributed by atoms with Crippen LogP contribution in [0.4, 0.5) is 5.95 Å². The smallest absolute Gasteiger partial charge is 0.253 e. The normalized spacial score (nSPS) is 20.2. The number of aromatic nitrogens is 2. The molecule has 0 spiro atoms. The molecule has 1 aromatic heterocycles. The summed E-state index contributed by atoms with van der Waals surface area (Å²) >= 11 is 12.2. The summed E-state index contributed by atoms with van der Waals surface area (Å²) < 4.78 is 0. The van der Waals surface area contributed by atoms with Crippen molar-refractivity contribution in [3.8, 4) is 0 Å². The lowest BCUT2D eigenvalue weighted by Crippen LogP contribution is -2.52. The van der Waals surface area contributed by atoms with Crippen LogP contribution in [0.15, 0.2) is 24.4 Å². The van der Waals surface area contributed by atoms with Crippen LogP contribution in [0, 0.1) is 0 Å². The molecule has 1 aliphatic carbocycles. The molecule has 0 bridgehead atoms. The Labute approximate surface area is 193 Å². The van der Waals surface area contributed by atoms with Crippen molar-refractivity contribution in [2.24, 2.45) is 0 Å². The van der Waals surface area contributed by atoms with E-state index >= 15 is 0 Å². The number of carbonyl (C=O) groups excluding carboxylic acids is 1. The van der Waals surface area contributed by atoms with Crippen LogP contribution >= 0.6 is 23.2 Å². The zero-order chi connectivity index (χ0) is 21.4. The van der Waals surface area contributed by atoms with Crippen molar-refractivity contribution in [3.05, 3.63) is 51.3 Å². The van der Waals surface area contributed by atoms with Crippen LogP contribution in [0.1, 0.15) is 40.9 Å². The number of hydrogen-bond acceptors (Lipinski definition) is 5. The van der Waals surface area contributed by atoms with Gasteiger partial charge in [-0.1, -0.05) is 29.6 Å². The molecule has 8 heteroatoms. The molecule has 1 amide bonds. The fraction of sp³-hybridized carbons (Fsp3) is 0.522. The highest BCUT2D eigenvalue weighted by Crippen LogP contribution is 2.27. The quantitative estimate of drug-likeness (QED) is 0.700. The second-order valence-corrected chi connectivity index (χ2v) is 9.57. The summed E-state index contributed by atoms with van der Waals surface area (Å²) in [4.78, 5) is 29.4. The van der Waals surface area contributed by atoms with Crippen LogP contribution in [0.3, 0.4) is 0 Å². The highest BCUT2D eigenvalue weighted by Gasteiger charge is 2.29. The third kappa shape index (κ3) is 4.52. The Morgan fingerprint density at radius 2 is 1.65 bits per heavy atom. The van der Waals surface area contributed by atoms with Gasteiger partial charge in [-0.3, -0.25) is 9.69 Å². The zero-order valence-corrected chi connectivity index (χ0v) is 19.1. The Bertz CT molecular complexity index is 952. The molecule has 31 heavy (non-hydrogen) atoms. The lowest BCUT2D eigenvalue weighted by molar-refractivity contribution is 0.0763. The van der Waals surface area contributed by atoms with Gasteiger partial charge in [-0.25, -0.2) is 9.97 Å². The number of carbonyl (C=O) groups is 1. The van der Waals surface area contributed by atoms with Crippen molar-refractivity contribution >= 4 is 35.1 Å². The van der Waals surface area contributed by atoms with Gasteiger partial charge in [0.25, 0.3) is 5.91 Å². The molecule has 3 heterocycles. The van der Waals surface area contributed by atoms with E-state index in [0.717, 1.165) is 62.3 Å². The number of rotatable bonds is 3. The van der Waals surface area contributed by atoms with Crippen molar-refractivity contribution in [3.63, 3.8) is 0 Å². The Kier molecular flexibility index (Phi) is 6.04. The first-order valence-corrected chi connectivity index (χ1v) is 11.9. The van der Waals surface area contributed by atoms with E-state index in [9.17, 15) is 4.79 Å². The molecule has 3 aliphatic rings. The van der Waals surface area contributed by atoms with Crippen molar-refractivity contribution in [1.29, 1.82) is 0 Å². The summed E-state index contributed by atoms with van der Waals surface area (Å²) in [6.45, 7) is 5.41. The number of anilines is 1. The number of halogens is 2. The van der Waals surface area contributed by atoms with E-state index in [1.165, 1.54) is 19.3 Å². The van der Waals surface area contributed by atoms with E-state index in [2.05, 4.69) is 14.8 Å². The van der Waals surface area contributed by atoms with Gasteiger partial charge in [0.2, 0.25) is 5.95 Å². The first-order chi connectivity index (χ1) is 15.1. The average Bonchev–Trinajstić information content (AvgIpc) is 2.94. The third-order valence-corrected chi connectivity index (χ3v) is 7.23. The molecule has 6 nitrogen and oxygen atoms in total. The molecule has 0 N–H and O–H groups in total. The van der Waals surface area contributed by atoms with Crippen molar-refractivity contribution in [2.45, 2.75) is 38.1 Å². The maximum Gasteiger partial charge on any atom is 0.253 e. The Hall–Kier alpha value is -1.89. The predicted molar refractivity (Wildman–Crippen MR) is 123 cm³/mol. The summed E-state index contributed by atoms with van der Waals surface area (Å²) in [7, 11) is 0. The number of piperazine rings is 1. The van der Waals surface area contributed by atoms with Crippen LogP contribution in [-0.2, 0) is 12.8 Å². The topological polar surface area (TPSA) is 52.6 Å². The third-order valence-electron chi connectivity index (χ3n) is 6.80. The number of amides is 1. The van der Waals surface area contributed by atoms with Crippen molar-refractivity contribution in [2.75, 3.05) is 44.2 Å². The highest BCUT2D eigenvalue weighted by atomic mass is 35.5. The monoisotopic (exact) mass is 459 g/mol. The van der Waals surface area contributed by atoms with Crippen LogP contribution in [0.5, 0.6) is 0 Å². The largest absolute Gasteiger partial charge is 0.338 e. The van der Waals surface area contributed by atoms with Crippen molar-refractivity contribution in [1.82, 2.24) is 19.8 Å². The minimum Gasteiger partial charge on any atom is -0.338 e. The molecule has 164 valence electrons. The Morgan fingerprint density at radius 1 is 0.935 bits per heavy atom. The summed E-state index contributed by atoms with van der Waals surface area (Å²) in [6, 6.07) is 5.79. The fourth-order valence-corrected chi connectivity index (χ4v) is 5.25. The summed E-state index contributed by atoms with van der Waals surface area (Å²) in [5.74, 6) is 0.783. The minimum absolute atomic E-state index is 0.0440. The highest BCUT2D eigenvalue weighted by molar-refractivity contribution is 6.35. The Balaban J connectivity index is 1.24. The molecule has 2 aromatic rings. The lowest BCUT2D eigenvalue weighted by atomic mass is 9.91. The predicted octanol–water partition coefficient (Wildman–Crippen LogP) is 3.70. The Morgan fingerprint density at radius 3 is 2.32 bits per heavy atom. The first-order valence-electron chi connectivity index (χ1n) is 11.2. The standard InChI is InChI=1S/C23H27Cl2N5O/c24-18-12-17(13-19(25)14-18)22(31)29-6-4-16-15-26-23(27-21(16)5-7-29)30-10-8-28(9-11-30)20-2-1-3-20/h12-15,20H,1-11H2. The van der Waals surface area contributed by atoms with Gasteiger partial charge < -0.3 is 9.80 Å². The van der Waals surface area contributed by atoms with Gasteiger partial charge in [-0.2, -0.15) is 0 Å². The second-order valence-electron chi connectivity index (χ2n) is 8.70. The van der Waals surface area contributed by atoms with Gasteiger partial charge in [-0.05, 0) is 43.0 Å². The van der Waals surface area contributed by atoms with Gasteiger partial charge >= 0.3 is 0 Å². The van der Waals surface area contributed by atoms with Gasteiger partial charge in [0.1, 0.15) is 0 Å². The summed E-state index contributed by atoms with van der Waals surface area (Å²) in [5.41, 5.74) is 2.72. The van der Waals surface area contributed by atoms with E-state index in [0.29, 0.717) is 28.7 Å². The molecule has 1 aromatic carbocycles. The second kappa shape index (κ2) is 8.93. The zero-order valence-electron chi connectivity index (χ0n) is 17.6. The average molecular weight is 460 g/mol. The molecule has 2 fully saturated rings. The summed E-state index contributed by atoms with van der Waals surface area (Å²) in [6.07, 6.45) is 7.53. The van der Waals surface area contributed by atoms with Gasteiger partial charge in [0, 0.05) is 73.5 Å². The van der Waals surface area contributed by atoms with E-state index < -0.39 is 0 Å². The summed E-state index contributed by atoms with van der Waals surface area (Å²) in [5, 5.41) is 0.948. The molecule has 1 saturated heterocycles. The number of hydrogen-bond donors (Lipinski definition) is 0. The van der Waals surface area contributed by atoms with Crippen LogP contribution in [-0.4, -0.2) is 71.0 Å².